The summed E-state index contributed by atoms with van der Waals surface area (Å²) in [6.45, 7) is 1.92. The minimum absolute atomic E-state index is 0.714. The molecule has 0 spiro atoms. The molecule has 6 heteroatoms. The Kier molecular flexibility index (Phi) is 5.30. The van der Waals surface area contributed by atoms with Crippen LogP contribution in [0, 0.1) is 0 Å². The number of thiazole rings is 1. The van der Waals surface area contributed by atoms with E-state index in [9.17, 15) is 0 Å². The normalized spacial score (nSPS) is 11.2. The number of hydrogen-bond donors (Lipinski definition) is 1. The summed E-state index contributed by atoms with van der Waals surface area (Å²) in [4.78, 5) is 4.57. The van der Waals surface area contributed by atoms with Gasteiger partial charge in [0.2, 0.25) is 5.13 Å². The summed E-state index contributed by atoms with van der Waals surface area (Å²) in [7, 11) is 3.26. The fraction of sp³-hybridized carbons (Fsp3) is 0.158. The van der Waals surface area contributed by atoms with Gasteiger partial charge in [0.25, 0.3) is 0 Å². The van der Waals surface area contributed by atoms with Crippen LogP contribution in [0.1, 0.15) is 12.5 Å². The molecule has 0 aliphatic rings. The third-order valence-corrected chi connectivity index (χ3v) is 4.44. The Balaban J connectivity index is 1.77. The van der Waals surface area contributed by atoms with Crippen molar-refractivity contribution in [2.24, 2.45) is 5.10 Å². The van der Waals surface area contributed by atoms with E-state index in [1.54, 1.807) is 14.2 Å². The van der Waals surface area contributed by atoms with Gasteiger partial charge in [0.15, 0.2) is 0 Å². The van der Waals surface area contributed by atoms with E-state index >= 15 is 0 Å². The summed E-state index contributed by atoms with van der Waals surface area (Å²) in [6.07, 6.45) is 0. The first-order valence-corrected chi connectivity index (χ1v) is 8.63. The first kappa shape index (κ1) is 17.0. The highest BCUT2D eigenvalue weighted by molar-refractivity contribution is 7.14. The second-order valence-corrected chi connectivity index (χ2v) is 6.14. The molecule has 5 nitrogen and oxygen atoms in total. The average molecular weight is 353 g/mol. The minimum Gasteiger partial charge on any atom is -0.497 e. The van der Waals surface area contributed by atoms with Crippen molar-refractivity contribution in [1.82, 2.24) is 4.98 Å². The number of nitrogens with zero attached hydrogens (tertiary/aromatic N) is 2. The number of methoxy groups -OCH3 is 2. The number of hydrazone groups is 1. The largest absolute Gasteiger partial charge is 0.497 e. The van der Waals surface area contributed by atoms with Crippen molar-refractivity contribution in [3.63, 3.8) is 0 Å². The number of ether oxygens (including phenoxy) is 2. The van der Waals surface area contributed by atoms with Crippen molar-refractivity contribution in [2.45, 2.75) is 6.92 Å². The lowest BCUT2D eigenvalue weighted by molar-refractivity contribution is 0.394. The molecule has 0 bridgehead atoms. The zero-order chi connectivity index (χ0) is 17.6. The van der Waals surface area contributed by atoms with Gasteiger partial charge >= 0.3 is 0 Å². The van der Waals surface area contributed by atoms with Crippen LogP contribution in [0.15, 0.2) is 59.0 Å². The number of hydrogen-bond acceptors (Lipinski definition) is 6. The molecule has 0 fully saturated rings. The van der Waals surface area contributed by atoms with Gasteiger partial charge in [-0.3, -0.25) is 5.43 Å². The molecule has 25 heavy (non-hydrogen) atoms. The van der Waals surface area contributed by atoms with Gasteiger partial charge in [0, 0.05) is 22.6 Å². The van der Waals surface area contributed by atoms with E-state index in [-0.39, 0.29) is 0 Å². The zero-order valence-electron chi connectivity index (χ0n) is 14.3. The Morgan fingerprint density at radius 2 is 1.88 bits per heavy atom. The Hall–Kier alpha value is -2.86. The molecule has 1 aromatic heterocycles. The van der Waals surface area contributed by atoms with Crippen LogP contribution in [0.4, 0.5) is 5.13 Å². The van der Waals surface area contributed by atoms with Crippen molar-refractivity contribution in [2.75, 3.05) is 19.6 Å². The Bertz CT molecular complexity index is 875. The van der Waals surface area contributed by atoms with E-state index in [0.29, 0.717) is 5.75 Å². The summed E-state index contributed by atoms with van der Waals surface area (Å²) in [5, 5.41) is 7.18. The Morgan fingerprint density at radius 1 is 1.08 bits per heavy atom. The fourth-order valence-electron chi connectivity index (χ4n) is 2.36. The molecule has 128 valence electrons. The molecule has 0 atom stereocenters. The lowest BCUT2D eigenvalue weighted by Gasteiger charge is -2.10. The number of nitrogens with one attached hydrogen (secondary N) is 1. The highest BCUT2D eigenvalue weighted by atomic mass is 32.1. The highest BCUT2D eigenvalue weighted by Gasteiger charge is 2.09. The van der Waals surface area contributed by atoms with Crippen molar-refractivity contribution in [3.05, 3.63) is 59.5 Å². The zero-order valence-corrected chi connectivity index (χ0v) is 15.1. The summed E-state index contributed by atoms with van der Waals surface area (Å²) < 4.78 is 10.6. The van der Waals surface area contributed by atoms with Crippen molar-refractivity contribution >= 4 is 22.2 Å². The van der Waals surface area contributed by atoms with Crippen LogP contribution < -0.4 is 14.9 Å². The summed E-state index contributed by atoms with van der Waals surface area (Å²) in [5.41, 5.74) is 6.74. The molecule has 0 radical (unpaired) electrons. The standard InChI is InChI=1S/C19H19N3O2S/c1-13(16-10-9-15(23-2)11-18(16)24-3)21-22-19-20-17(12-25-19)14-7-5-4-6-8-14/h4-12H,1-3H3,(H,20,22)/b21-13-. The molecular formula is C19H19N3O2S. The lowest BCUT2D eigenvalue weighted by atomic mass is 10.1. The minimum atomic E-state index is 0.714. The molecule has 2 aromatic carbocycles. The smallest absolute Gasteiger partial charge is 0.203 e. The van der Waals surface area contributed by atoms with E-state index in [0.717, 1.165) is 33.4 Å². The van der Waals surface area contributed by atoms with Crippen LogP contribution in [0.2, 0.25) is 0 Å². The Labute approximate surface area is 151 Å². The van der Waals surface area contributed by atoms with Crippen LogP contribution in [0.25, 0.3) is 11.3 Å². The molecule has 0 saturated carbocycles. The van der Waals surface area contributed by atoms with Gasteiger partial charge in [0.1, 0.15) is 11.5 Å². The molecule has 0 saturated heterocycles. The lowest BCUT2D eigenvalue weighted by Crippen LogP contribution is -2.02. The SMILES string of the molecule is COc1ccc(/C(C)=N\Nc2nc(-c3ccccc3)cs2)c(OC)c1. The molecule has 1 heterocycles. The summed E-state index contributed by atoms with van der Waals surface area (Å²) >= 11 is 1.52. The molecular weight excluding hydrogens is 334 g/mol. The van der Waals surface area contributed by atoms with Gasteiger partial charge in [0.05, 0.1) is 25.6 Å². The quantitative estimate of drug-likeness (QED) is 0.517. The van der Waals surface area contributed by atoms with Gasteiger partial charge in [-0.25, -0.2) is 4.98 Å². The summed E-state index contributed by atoms with van der Waals surface area (Å²) in [5.74, 6) is 1.46. The van der Waals surface area contributed by atoms with Crippen LogP contribution in [0.5, 0.6) is 11.5 Å². The van der Waals surface area contributed by atoms with Crippen LogP contribution in [-0.4, -0.2) is 24.9 Å². The number of benzene rings is 2. The molecule has 0 amide bonds. The second kappa shape index (κ2) is 7.81. The monoisotopic (exact) mass is 353 g/mol. The van der Waals surface area contributed by atoms with Crippen molar-refractivity contribution in [1.29, 1.82) is 0 Å². The van der Waals surface area contributed by atoms with E-state index in [4.69, 9.17) is 9.47 Å². The van der Waals surface area contributed by atoms with Gasteiger partial charge < -0.3 is 9.47 Å². The van der Waals surface area contributed by atoms with Crippen molar-refractivity contribution < 1.29 is 9.47 Å². The van der Waals surface area contributed by atoms with E-state index in [1.807, 2.05) is 60.8 Å². The van der Waals surface area contributed by atoms with E-state index in [1.165, 1.54) is 11.3 Å². The van der Waals surface area contributed by atoms with Gasteiger partial charge in [-0.2, -0.15) is 5.10 Å². The Morgan fingerprint density at radius 3 is 2.60 bits per heavy atom. The molecule has 3 rings (SSSR count). The van der Waals surface area contributed by atoms with Crippen LogP contribution >= 0.6 is 11.3 Å². The average Bonchev–Trinajstić information content (AvgIpc) is 3.15. The third kappa shape index (κ3) is 3.97. The number of aromatic nitrogens is 1. The fourth-order valence-corrected chi connectivity index (χ4v) is 3.02. The van der Waals surface area contributed by atoms with Crippen molar-refractivity contribution in [3.8, 4) is 22.8 Å². The highest BCUT2D eigenvalue weighted by Crippen LogP contribution is 2.27. The van der Waals surface area contributed by atoms with Gasteiger partial charge in [-0.15, -0.1) is 11.3 Å². The maximum Gasteiger partial charge on any atom is 0.203 e. The predicted molar refractivity (Wildman–Crippen MR) is 103 cm³/mol. The van der Waals surface area contributed by atoms with Crippen LogP contribution in [-0.2, 0) is 0 Å². The molecule has 0 aliphatic heterocycles. The number of anilines is 1. The van der Waals surface area contributed by atoms with Gasteiger partial charge in [-0.05, 0) is 19.1 Å². The van der Waals surface area contributed by atoms with E-state index < -0.39 is 0 Å². The second-order valence-electron chi connectivity index (χ2n) is 5.28. The molecule has 0 aliphatic carbocycles. The molecule has 0 unspecified atom stereocenters. The maximum absolute atomic E-state index is 5.42. The number of rotatable bonds is 6. The first-order chi connectivity index (χ1) is 12.2. The topological polar surface area (TPSA) is 55.7 Å². The molecule has 1 N–H and O–H groups in total. The maximum atomic E-state index is 5.42. The summed E-state index contributed by atoms with van der Waals surface area (Å²) in [6, 6.07) is 15.7. The van der Waals surface area contributed by atoms with E-state index in [2.05, 4.69) is 15.5 Å². The molecule has 3 aromatic rings. The van der Waals surface area contributed by atoms with Gasteiger partial charge in [-0.1, -0.05) is 30.3 Å². The van der Waals surface area contributed by atoms with Crippen LogP contribution in [0.3, 0.4) is 0 Å². The first-order valence-electron chi connectivity index (χ1n) is 7.75. The third-order valence-electron chi connectivity index (χ3n) is 3.69. The predicted octanol–water partition coefficient (Wildman–Crippen LogP) is 4.66.